The zero-order valence-corrected chi connectivity index (χ0v) is 15.9. The Hall–Kier alpha value is -3.07. The van der Waals surface area contributed by atoms with Crippen LogP contribution in [-0.2, 0) is 0 Å². The summed E-state index contributed by atoms with van der Waals surface area (Å²) in [4.78, 5) is 20.5. The molecule has 0 aliphatic heterocycles. The zero-order chi connectivity index (χ0) is 19.4. The standard InChI is InChI=1S/C6H8N2O.C6H7NO2.C5H5BrN2/c1-9-5-2-3-6(7)8-4-5;1-9-5-2-3-6(8)7-4-5;6-4-1-2-5(7)8-3-4/h2-4H,1H3,(H2,7,8);2-4H,1H3,(H,7,8);1-3H,(H2,7,8). The molecule has 5 N–H and O–H groups in total. The summed E-state index contributed by atoms with van der Waals surface area (Å²) in [5.74, 6) is 2.45. The van der Waals surface area contributed by atoms with E-state index in [0.717, 1.165) is 10.2 Å². The second-order valence-corrected chi connectivity index (χ2v) is 5.53. The molecule has 0 spiro atoms. The van der Waals surface area contributed by atoms with Gasteiger partial charge in [0, 0.05) is 22.9 Å². The molecule has 3 aromatic heterocycles. The molecule has 0 bridgehead atoms. The monoisotopic (exact) mass is 421 g/mol. The lowest BCUT2D eigenvalue weighted by molar-refractivity contribution is 0.412. The first kappa shape index (κ1) is 21.0. The normalized spacial score (nSPS) is 9.04. The molecule has 0 unspecified atom stereocenters. The molecule has 3 heterocycles. The fourth-order valence-corrected chi connectivity index (χ4v) is 1.66. The van der Waals surface area contributed by atoms with Gasteiger partial charge >= 0.3 is 0 Å². The van der Waals surface area contributed by atoms with Crippen LogP contribution in [0.15, 0.2) is 64.3 Å². The number of nitrogens with zero attached hydrogens (tertiary/aromatic N) is 2. The number of H-pyrrole nitrogens is 1. The number of pyridine rings is 3. The minimum Gasteiger partial charge on any atom is -0.495 e. The first-order valence-electron chi connectivity index (χ1n) is 7.30. The Morgan fingerprint density at radius 1 is 0.885 bits per heavy atom. The second kappa shape index (κ2) is 11.5. The minimum atomic E-state index is -0.115. The lowest BCUT2D eigenvalue weighted by Gasteiger charge is -1.96. The molecule has 0 saturated heterocycles. The van der Waals surface area contributed by atoms with E-state index in [9.17, 15) is 4.79 Å². The van der Waals surface area contributed by atoms with Gasteiger partial charge in [0.2, 0.25) is 5.56 Å². The van der Waals surface area contributed by atoms with Gasteiger partial charge in [-0.2, -0.15) is 0 Å². The Bertz CT molecular complexity index is 782. The SMILES string of the molecule is COc1ccc(=O)[nH]c1.COc1ccc(N)nc1.Nc1ccc(Br)cn1. The smallest absolute Gasteiger partial charge is 0.248 e. The van der Waals surface area contributed by atoms with E-state index >= 15 is 0 Å². The fourth-order valence-electron chi connectivity index (χ4n) is 1.42. The second-order valence-electron chi connectivity index (χ2n) is 4.62. The summed E-state index contributed by atoms with van der Waals surface area (Å²) in [6.45, 7) is 0. The van der Waals surface area contributed by atoms with Crippen LogP contribution in [0.4, 0.5) is 11.6 Å². The molecule has 3 rings (SSSR count). The largest absolute Gasteiger partial charge is 0.495 e. The quantitative estimate of drug-likeness (QED) is 0.579. The molecule has 0 aliphatic rings. The number of nitrogens with two attached hydrogens (primary N) is 2. The third-order valence-electron chi connectivity index (χ3n) is 2.74. The van der Waals surface area contributed by atoms with Crippen LogP contribution in [-0.4, -0.2) is 29.2 Å². The Balaban J connectivity index is 0.000000195. The van der Waals surface area contributed by atoms with Gasteiger partial charge in [0.15, 0.2) is 0 Å². The summed E-state index contributed by atoms with van der Waals surface area (Å²) < 4.78 is 10.6. The Kier molecular flexibility index (Phi) is 9.26. The summed E-state index contributed by atoms with van der Waals surface area (Å²) in [5.41, 5.74) is 10.5. The van der Waals surface area contributed by atoms with E-state index in [0.29, 0.717) is 17.4 Å². The van der Waals surface area contributed by atoms with Crippen LogP contribution >= 0.6 is 15.9 Å². The van der Waals surface area contributed by atoms with Gasteiger partial charge in [-0.15, -0.1) is 0 Å². The Morgan fingerprint density at radius 3 is 1.85 bits per heavy atom. The Labute approximate surface area is 159 Å². The van der Waals surface area contributed by atoms with E-state index < -0.39 is 0 Å². The van der Waals surface area contributed by atoms with Crippen molar-refractivity contribution in [2.75, 3.05) is 25.7 Å². The molecular weight excluding hydrogens is 402 g/mol. The van der Waals surface area contributed by atoms with Gasteiger partial charge < -0.3 is 25.9 Å². The number of aromatic amines is 1. The summed E-state index contributed by atoms with van der Waals surface area (Å²) in [6, 6.07) is 10.1. The predicted octanol–water partition coefficient (Wildman–Crippen LogP) is 2.48. The van der Waals surface area contributed by atoms with E-state index in [2.05, 4.69) is 30.9 Å². The molecule has 9 heteroatoms. The van der Waals surface area contributed by atoms with E-state index in [-0.39, 0.29) is 5.56 Å². The maximum absolute atomic E-state index is 10.4. The van der Waals surface area contributed by atoms with Crippen molar-refractivity contribution in [2.24, 2.45) is 0 Å². The molecule has 26 heavy (non-hydrogen) atoms. The highest BCUT2D eigenvalue weighted by atomic mass is 79.9. The van der Waals surface area contributed by atoms with Crippen molar-refractivity contribution in [2.45, 2.75) is 0 Å². The zero-order valence-electron chi connectivity index (χ0n) is 14.3. The molecule has 0 fully saturated rings. The first-order valence-corrected chi connectivity index (χ1v) is 8.09. The molecule has 0 aliphatic carbocycles. The maximum Gasteiger partial charge on any atom is 0.248 e. The van der Waals surface area contributed by atoms with Crippen molar-refractivity contribution in [1.29, 1.82) is 0 Å². The van der Waals surface area contributed by atoms with Gasteiger partial charge in [-0.25, -0.2) is 9.97 Å². The Morgan fingerprint density at radius 2 is 1.46 bits per heavy atom. The van der Waals surface area contributed by atoms with Crippen LogP contribution in [0, 0.1) is 0 Å². The fraction of sp³-hybridized carbons (Fsp3) is 0.118. The van der Waals surface area contributed by atoms with Gasteiger partial charge in [-0.1, -0.05) is 0 Å². The topological polar surface area (TPSA) is 129 Å². The highest BCUT2D eigenvalue weighted by Crippen LogP contribution is 2.08. The van der Waals surface area contributed by atoms with Crippen molar-refractivity contribution in [3.05, 3.63) is 69.8 Å². The summed E-state index contributed by atoms with van der Waals surface area (Å²) in [6.07, 6.45) is 4.76. The number of hydrogen-bond donors (Lipinski definition) is 3. The van der Waals surface area contributed by atoms with Gasteiger partial charge in [0.25, 0.3) is 0 Å². The van der Waals surface area contributed by atoms with E-state index in [4.69, 9.17) is 20.9 Å². The van der Waals surface area contributed by atoms with Crippen molar-refractivity contribution in [3.63, 3.8) is 0 Å². The average Bonchev–Trinajstić information content (AvgIpc) is 2.66. The number of hydrogen-bond acceptors (Lipinski definition) is 7. The van der Waals surface area contributed by atoms with Crippen LogP contribution < -0.4 is 26.5 Å². The van der Waals surface area contributed by atoms with Crippen LogP contribution in [0.3, 0.4) is 0 Å². The molecule has 0 radical (unpaired) electrons. The number of aromatic nitrogens is 3. The lowest BCUT2D eigenvalue weighted by atomic mass is 10.4. The summed E-state index contributed by atoms with van der Waals surface area (Å²) >= 11 is 3.23. The molecule has 0 aromatic carbocycles. The number of rotatable bonds is 2. The number of nitrogens with one attached hydrogen (secondary N) is 1. The van der Waals surface area contributed by atoms with Gasteiger partial charge in [0.05, 0.1) is 20.4 Å². The summed E-state index contributed by atoms with van der Waals surface area (Å²) in [7, 11) is 3.14. The van der Waals surface area contributed by atoms with E-state index in [1.54, 1.807) is 50.9 Å². The van der Waals surface area contributed by atoms with Crippen molar-refractivity contribution >= 4 is 27.6 Å². The van der Waals surface area contributed by atoms with Gasteiger partial charge in [-0.05, 0) is 46.3 Å². The third-order valence-corrected chi connectivity index (χ3v) is 3.21. The van der Waals surface area contributed by atoms with E-state index in [1.165, 1.54) is 12.3 Å². The maximum atomic E-state index is 10.4. The van der Waals surface area contributed by atoms with Crippen LogP contribution in [0.1, 0.15) is 0 Å². The lowest BCUT2D eigenvalue weighted by Crippen LogP contribution is -2.01. The van der Waals surface area contributed by atoms with Gasteiger partial charge in [-0.3, -0.25) is 4.79 Å². The number of methoxy groups -OCH3 is 2. The van der Waals surface area contributed by atoms with Crippen molar-refractivity contribution in [3.8, 4) is 11.5 Å². The molecular formula is C17H20BrN5O3. The number of anilines is 2. The molecule has 138 valence electrons. The first-order chi connectivity index (χ1) is 12.4. The number of nitrogen functional groups attached to an aromatic ring is 2. The van der Waals surface area contributed by atoms with Crippen LogP contribution in [0.25, 0.3) is 0 Å². The molecule has 0 atom stereocenters. The predicted molar refractivity (Wildman–Crippen MR) is 105 cm³/mol. The molecule has 0 saturated carbocycles. The minimum absolute atomic E-state index is 0.115. The molecule has 3 aromatic rings. The highest BCUT2D eigenvalue weighted by molar-refractivity contribution is 9.10. The number of ether oxygens (including phenoxy) is 2. The third kappa shape index (κ3) is 8.69. The average molecular weight is 422 g/mol. The summed E-state index contributed by atoms with van der Waals surface area (Å²) in [5, 5.41) is 0. The number of halogens is 1. The molecule has 8 nitrogen and oxygen atoms in total. The molecule has 0 amide bonds. The highest BCUT2D eigenvalue weighted by Gasteiger charge is 1.87. The van der Waals surface area contributed by atoms with Crippen LogP contribution in [0.2, 0.25) is 0 Å². The van der Waals surface area contributed by atoms with E-state index in [1.807, 2.05) is 6.07 Å². The van der Waals surface area contributed by atoms with Gasteiger partial charge in [0.1, 0.15) is 23.1 Å². The van der Waals surface area contributed by atoms with Crippen molar-refractivity contribution < 1.29 is 9.47 Å². The van der Waals surface area contributed by atoms with Crippen LogP contribution in [0.5, 0.6) is 11.5 Å². The van der Waals surface area contributed by atoms with Crippen molar-refractivity contribution in [1.82, 2.24) is 15.0 Å².